The molecule has 0 aliphatic heterocycles. The monoisotopic (exact) mass is 1550 g/mol. The topological polar surface area (TPSA) is 342 Å². The van der Waals surface area contributed by atoms with Crippen molar-refractivity contribution in [3.8, 4) is 0 Å². The lowest BCUT2D eigenvalue weighted by atomic mass is 9.85. The summed E-state index contributed by atoms with van der Waals surface area (Å²) in [6.45, 7) is 25.1. The first-order chi connectivity index (χ1) is 50.7. The van der Waals surface area contributed by atoms with Crippen molar-refractivity contribution in [1.82, 2.24) is 40.1 Å². The number of nitrogens with two attached hydrogens (primary N) is 1. The van der Waals surface area contributed by atoms with Crippen molar-refractivity contribution in [3.63, 3.8) is 0 Å². The number of sulfonamides is 2. The number of nitrogens with zero attached hydrogens (tertiary/aromatic N) is 4. The minimum atomic E-state index is -4.38. The third-order valence-electron chi connectivity index (χ3n) is 19.1. The van der Waals surface area contributed by atoms with E-state index in [1.165, 1.54) is 70.7 Å². The Kier molecular flexibility index (Phi) is 29.2. The Morgan fingerprint density at radius 2 is 1.00 bits per heavy atom. The third kappa shape index (κ3) is 24.4. The van der Waals surface area contributed by atoms with E-state index in [4.69, 9.17) is 10.5 Å². The number of aliphatic hydroxyl groups excluding tert-OH is 2. The molecule has 0 spiro atoms. The van der Waals surface area contributed by atoms with Crippen LogP contribution in [0.15, 0.2) is 155 Å². The van der Waals surface area contributed by atoms with Crippen LogP contribution in [0.5, 0.6) is 0 Å². The van der Waals surface area contributed by atoms with Gasteiger partial charge < -0.3 is 42.0 Å². The summed E-state index contributed by atoms with van der Waals surface area (Å²) < 4.78 is 92.1. The Bertz CT molecular complexity index is 4390. The van der Waals surface area contributed by atoms with E-state index in [0.717, 1.165) is 45.5 Å². The second kappa shape index (κ2) is 36.4. The molecule has 9 N–H and O–H groups in total. The highest BCUT2D eigenvalue weighted by molar-refractivity contribution is 7.89. The number of nitro benzene ring substituents is 1. The number of amides is 5. The predicted octanol–water partition coefficient (Wildman–Crippen LogP) is 10.5. The van der Waals surface area contributed by atoms with E-state index >= 15 is 0 Å². The van der Waals surface area contributed by atoms with Crippen molar-refractivity contribution < 1.29 is 69.5 Å². The van der Waals surface area contributed by atoms with Gasteiger partial charge in [-0.1, -0.05) is 166 Å². The highest BCUT2D eigenvalue weighted by atomic mass is 32.2. The zero-order valence-corrected chi connectivity index (χ0v) is 66.8. The fourth-order valence-corrected chi connectivity index (χ4v) is 16.1. The molecule has 8 rings (SSSR count). The van der Waals surface area contributed by atoms with Gasteiger partial charge in [0.05, 0.1) is 51.1 Å². The molecule has 2 aliphatic rings. The van der Waals surface area contributed by atoms with Gasteiger partial charge in [0.15, 0.2) is 0 Å². The summed E-state index contributed by atoms with van der Waals surface area (Å²) in [5.41, 5.74) is 5.86. The SMILES string of the molecule is Cc1ccc(S(=O)(=O)N(CC(C)C)C[C@@H](O)[C@H](Cc2ccccc2)NC(=O)[C@@H](NC(=O)CN(C(=O)OC(C)(C)C)C2(c3cccc(F)c3)CC2)C(C)(C)C)cc1[N+](=O)[O-].Cc1ccc(S(=O)(=O)N(CC(C)C)C[C@@H](O)[C@H](Cc2ccccc2)NC(=O)[C@@H](NC(=O)CNC2(c3cccc(F)c3)CC2)C(C)(C)C)cc1N. The largest absolute Gasteiger partial charge is 0.444 e. The molecule has 28 heteroatoms. The van der Waals surface area contributed by atoms with Gasteiger partial charge in [-0.2, -0.15) is 8.61 Å². The highest BCUT2D eigenvalue weighted by Crippen LogP contribution is 2.52. The molecule has 2 aliphatic carbocycles. The number of aliphatic hydroxyl groups is 2. The lowest BCUT2D eigenvalue weighted by Gasteiger charge is -2.36. The molecule has 0 heterocycles. The number of nitro groups is 1. The second-order valence-corrected chi connectivity index (χ2v) is 36.6. The maximum atomic E-state index is 14.4. The highest BCUT2D eigenvalue weighted by Gasteiger charge is 2.54. The summed E-state index contributed by atoms with van der Waals surface area (Å²) in [7, 11) is -8.44. The fourth-order valence-electron chi connectivity index (χ4n) is 12.8. The van der Waals surface area contributed by atoms with Crippen molar-refractivity contribution in [2.75, 3.05) is 45.0 Å². The number of hydrogen-bond donors (Lipinski definition) is 8. The van der Waals surface area contributed by atoms with Crippen LogP contribution in [0.25, 0.3) is 0 Å². The van der Waals surface area contributed by atoms with Gasteiger partial charge in [-0.05, 0) is 166 Å². The van der Waals surface area contributed by atoms with Gasteiger partial charge in [-0.3, -0.25) is 39.5 Å². The Labute approximate surface area is 641 Å². The van der Waals surface area contributed by atoms with Crippen LogP contribution in [0, 0.1) is 58.3 Å². The zero-order valence-electron chi connectivity index (χ0n) is 65.2. The van der Waals surface area contributed by atoms with E-state index in [0.29, 0.717) is 24.1 Å². The molecular weight excluding hydrogens is 1440 g/mol. The van der Waals surface area contributed by atoms with Crippen molar-refractivity contribution in [1.29, 1.82) is 0 Å². The molecule has 594 valence electrons. The molecule has 0 bridgehead atoms. The van der Waals surface area contributed by atoms with Gasteiger partial charge >= 0.3 is 6.09 Å². The van der Waals surface area contributed by atoms with Crippen LogP contribution < -0.4 is 32.3 Å². The number of carbonyl (C=O) groups is 5. The normalized spacial score (nSPS) is 15.8. The Hall–Kier alpha value is -8.77. The van der Waals surface area contributed by atoms with Crippen LogP contribution >= 0.6 is 0 Å². The van der Waals surface area contributed by atoms with Crippen LogP contribution in [0.4, 0.5) is 25.0 Å². The molecule has 109 heavy (non-hydrogen) atoms. The van der Waals surface area contributed by atoms with E-state index in [9.17, 15) is 69.9 Å². The Balaban J connectivity index is 0.000000307. The second-order valence-electron chi connectivity index (χ2n) is 32.7. The molecule has 2 fully saturated rings. The van der Waals surface area contributed by atoms with Gasteiger partial charge in [0.1, 0.15) is 35.9 Å². The number of halogens is 2. The number of nitrogen functional groups attached to an aromatic ring is 1. The van der Waals surface area contributed by atoms with Gasteiger partial charge in [-0.15, -0.1) is 0 Å². The molecule has 5 amide bonds. The van der Waals surface area contributed by atoms with Crippen molar-refractivity contribution in [2.24, 2.45) is 22.7 Å². The van der Waals surface area contributed by atoms with E-state index in [1.54, 1.807) is 111 Å². The molecule has 0 aromatic heterocycles. The average Bonchev–Trinajstić information content (AvgIpc) is 1.59. The van der Waals surface area contributed by atoms with E-state index in [-0.39, 0.29) is 77.7 Å². The average molecular weight is 1550 g/mol. The summed E-state index contributed by atoms with van der Waals surface area (Å²) in [4.78, 5) is 81.3. The molecule has 0 radical (unpaired) electrons. The number of ether oxygens (including phenoxy) is 1. The first kappa shape index (κ1) is 87.5. The van der Waals surface area contributed by atoms with Crippen molar-refractivity contribution in [2.45, 2.75) is 205 Å². The predicted molar refractivity (Wildman–Crippen MR) is 415 cm³/mol. The number of aryl methyl sites for hydroxylation is 2. The van der Waals surface area contributed by atoms with Gasteiger partial charge in [0.2, 0.25) is 43.7 Å². The zero-order chi connectivity index (χ0) is 80.9. The summed E-state index contributed by atoms with van der Waals surface area (Å²) >= 11 is 0. The number of benzene rings is 6. The minimum Gasteiger partial charge on any atom is -0.444 e. The molecule has 2 saturated carbocycles. The van der Waals surface area contributed by atoms with E-state index in [2.05, 4.69) is 26.6 Å². The molecule has 24 nitrogen and oxygen atoms in total. The quantitative estimate of drug-likeness (QED) is 0.0108. The van der Waals surface area contributed by atoms with Crippen molar-refractivity contribution in [3.05, 3.63) is 201 Å². The fraction of sp³-hybridized carbons (Fsp3) is 0.494. The number of carbonyl (C=O) groups excluding carboxylic acids is 5. The molecule has 6 aromatic carbocycles. The van der Waals surface area contributed by atoms with E-state index < -0.39 is 137 Å². The van der Waals surface area contributed by atoms with Gasteiger partial charge in [-0.25, -0.2) is 30.4 Å². The molecule has 6 aromatic rings. The molecular formula is C81H110F2N10O14S2. The Morgan fingerprint density at radius 1 is 0.569 bits per heavy atom. The maximum absolute atomic E-state index is 14.4. The Morgan fingerprint density at radius 3 is 1.40 bits per heavy atom. The molecule has 0 saturated heterocycles. The van der Waals surface area contributed by atoms with Crippen molar-refractivity contribution >= 4 is 61.1 Å². The number of anilines is 1. The number of rotatable bonds is 33. The number of nitrogens with one attached hydrogen (secondary N) is 5. The van der Waals surface area contributed by atoms with Gasteiger partial charge in [0.25, 0.3) is 5.69 Å². The summed E-state index contributed by atoms with van der Waals surface area (Å²) in [6.07, 6.45) is -0.873. The summed E-state index contributed by atoms with van der Waals surface area (Å²) in [5, 5.41) is 50.0. The lowest BCUT2D eigenvalue weighted by Crippen LogP contribution is -2.60. The number of hydrogen-bond acceptors (Lipinski definition) is 16. The van der Waals surface area contributed by atoms with Crippen LogP contribution in [0.1, 0.15) is 149 Å². The summed E-state index contributed by atoms with van der Waals surface area (Å²) in [6, 6.07) is 34.4. The third-order valence-corrected chi connectivity index (χ3v) is 22.8. The smallest absolute Gasteiger partial charge is 0.411 e. The van der Waals surface area contributed by atoms with E-state index in [1.807, 2.05) is 71.0 Å². The standard InChI is InChI=1S/C43H58FN5O9S.C38H52FN5O5S/c1-28(2)25-47(59(56,57)33-19-18-29(3)35(24-33)49(54)55)26-36(50)34(22-30-14-11-10-12-15-30)45-39(52)38(41(4,5)6)46-37(51)27-48(40(53)58-42(7,8)9)43(20-21-43)31-16-13-17-32(44)23-31;1-25(2)23-44(50(48,49)30-16-15-26(3)31(40)21-30)24-33(45)32(19-27-11-8-7-9-12-27)42-36(47)35(37(4,5)6)43-34(46)22-41-38(17-18-38)28-13-10-14-29(39)20-28/h10-19,23-24,28,34,36,38,50H,20-22,25-27H2,1-9H3,(H,45,52)(H,46,51);7-16,20-21,25,32-33,35,41,45H,17-19,22-24,40H2,1-6H3,(H,42,47)(H,43,46)/t34-,36+,38+;32-,33+,35+/m00/s1. The first-order valence-corrected chi connectivity index (χ1v) is 39.7. The summed E-state index contributed by atoms with van der Waals surface area (Å²) in [5.74, 6) is -3.40. The minimum absolute atomic E-state index is 0.0200. The van der Waals surface area contributed by atoms with Crippen LogP contribution in [-0.2, 0) is 67.9 Å². The van der Waals surface area contributed by atoms with Crippen LogP contribution in [0.2, 0.25) is 0 Å². The van der Waals surface area contributed by atoms with Crippen LogP contribution in [-0.4, -0.2) is 156 Å². The first-order valence-electron chi connectivity index (χ1n) is 36.8. The molecule has 6 atom stereocenters. The lowest BCUT2D eigenvalue weighted by molar-refractivity contribution is -0.385. The van der Waals surface area contributed by atoms with Crippen LogP contribution in [0.3, 0.4) is 0 Å². The molecule has 0 unspecified atom stereocenters. The van der Waals surface area contributed by atoms with Gasteiger partial charge in [0, 0.05) is 49.0 Å². The maximum Gasteiger partial charge on any atom is 0.411 e.